The third-order valence-corrected chi connectivity index (χ3v) is 7.70. The van der Waals surface area contributed by atoms with Crippen LogP contribution in [0.4, 0.5) is 0 Å². The van der Waals surface area contributed by atoms with Crippen molar-refractivity contribution in [2.75, 3.05) is 0 Å². The number of ether oxygens (including phenoxy) is 1. The Labute approximate surface area is 135 Å². The maximum atomic E-state index is 12.6. The number of hydrogen-bond donors (Lipinski definition) is 1. The van der Waals surface area contributed by atoms with Crippen molar-refractivity contribution in [3.63, 3.8) is 0 Å². The Balaban J connectivity index is 1.79. The summed E-state index contributed by atoms with van der Waals surface area (Å²) in [6.45, 7) is 6.16. The van der Waals surface area contributed by atoms with Crippen molar-refractivity contribution in [2.45, 2.75) is 51.0 Å². The van der Waals surface area contributed by atoms with Gasteiger partial charge in [0.05, 0.1) is 11.3 Å². The second kappa shape index (κ2) is 3.73. The summed E-state index contributed by atoms with van der Waals surface area (Å²) in [7, 11) is 0. The number of carbonyl (C=O) groups excluding carboxylic acids is 1. The zero-order valence-electron chi connectivity index (χ0n) is 13.4. The lowest BCUT2D eigenvalue weighted by Gasteiger charge is -2.38. The number of hydrogen-bond acceptors (Lipinski definition) is 3. The van der Waals surface area contributed by atoms with E-state index in [2.05, 4.69) is 12.7 Å². The summed E-state index contributed by atoms with van der Waals surface area (Å²) in [5.74, 6) is -1.28. The second-order valence-electron chi connectivity index (χ2n) is 8.59. The molecule has 4 aliphatic carbocycles. The fourth-order valence-corrected chi connectivity index (χ4v) is 6.98. The van der Waals surface area contributed by atoms with Gasteiger partial charge in [-0.15, -0.1) is 0 Å². The van der Waals surface area contributed by atoms with Crippen LogP contribution in [0.2, 0.25) is 0 Å². The smallest absolute Gasteiger partial charge is 0.313 e. The molecule has 122 valence electrons. The maximum absolute atomic E-state index is 12.6. The minimum absolute atomic E-state index is 0.180. The SMILES string of the molecule is C=C1C[C@]23C[C@H]1CC=C2[C@@]12CCC[C@@](C)(C(=O)O1)[C@H]2[C@@H]3C(=O)O. The van der Waals surface area contributed by atoms with Gasteiger partial charge in [-0.2, -0.15) is 0 Å². The Hall–Kier alpha value is -1.58. The summed E-state index contributed by atoms with van der Waals surface area (Å²) in [6, 6.07) is 0. The molecule has 1 heterocycles. The van der Waals surface area contributed by atoms with Crippen LogP contribution in [0.5, 0.6) is 0 Å². The standard InChI is InChI=1S/C19H22O4/c1-10-8-18-9-11(10)4-5-12(18)19-7-3-6-17(2,16(22)23-19)14(19)13(18)15(20)21/h5,11,13-14H,1,3-4,6-9H2,2H3,(H,20,21)/t11-,13-,14-,17-,18+,19-/m1/s1. The van der Waals surface area contributed by atoms with Gasteiger partial charge in [-0.25, -0.2) is 0 Å². The largest absolute Gasteiger partial charge is 0.481 e. The molecule has 1 N–H and O–H groups in total. The van der Waals surface area contributed by atoms with E-state index in [1.165, 1.54) is 5.57 Å². The van der Waals surface area contributed by atoms with Crippen molar-refractivity contribution in [1.29, 1.82) is 0 Å². The van der Waals surface area contributed by atoms with E-state index in [1.807, 2.05) is 6.92 Å². The lowest BCUT2D eigenvalue weighted by molar-refractivity contribution is -0.152. The number of esters is 1. The van der Waals surface area contributed by atoms with Crippen LogP contribution >= 0.6 is 0 Å². The molecule has 1 aliphatic heterocycles. The number of carboxylic acids is 1. The van der Waals surface area contributed by atoms with Gasteiger partial charge in [-0.1, -0.05) is 18.2 Å². The van der Waals surface area contributed by atoms with E-state index in [9.17, 15) is 14.7 Å². The number of carbonyl (C=O) groups is 2. The average Bonchev–Trinajstić information content (AvgIpc) is 2.92. The molecule has 0 aromatic heterocycles. The molecule has 0 aromatic rings. The molecule has 1 saturated heterocycles. The van der Waals surface area contributed by atoms with Gasteiger partial charge < -0.3 is 9.84 Å². The van der Waals surface area contributed by atoms with Gasteiger partial charge in [0.1, 0.15) is 5.60 Å². The van der Waals surface area contributed by atoms with Crippen LogP contribution in [-0.4, -0.2) is 22.6 Å². The molecule has 0 unspecified atom stereocenters. The average molecular weight is 314 g/mol. The molecule has 4 bridgehead atoms. The molecule has 4 heteroatoms. The number of rotatable bonds is 1. The minimum atomic E-state index is -0.760. The Morgan fingerprint density at radius 1 is 1.43 bits per heavy atom. The molecule has 4 fully saturated rings. The first-order valence-corrected chi connectivity index (χ1v) is 8.70. The lowest BCUT2D eigenvalue weighted by atomic mass is 9.60. The summed E-state index contributed by atoms with van der Waals surface area (Å²) in [5.41, 5.74) is 0.665. The molecule has 1 spiro atoms. The highest BCUT2D eigenvalue weighted by atomic mass is 16.6. The van der Waals surface area contributed by atoms with Gasteiger partial charge in [-0.05, 0) is 56.9 Å². The van der Waals surface area contributed by atoms with Crippen LogP contribution in [0, 0.1) is 28.6 Å². The van der Waals surface area contributed by atoms with Gasteiger partial charge >= 0.3 is 11.9 Å². The third kappa shape index (κ3) is 1.25. The fourth-order valence-electron chi connectivity index (χ4n) is 6.98. The van der Waals surface area contributed by atoms with Crippen LogP contribution in [0.15, 0.2) is 23.8 Å². The monoisotopic (exact) mass is 314 g/mol. The molecule has 6 atom stereocenters. The Morgan fingerprint density at radius 2 is 2.22 bits per heavy atom. The summed E-state index contributed by atoms with van der Waals surface area (Å²) < 4.78 is 6.03. The number of fused-ring (bicyclic) bond motifs is 1. The Bertz CT molecular complexity index is 706. The third-order valence-electron chi connectivity index (χ3n) is 7.70. The van der Waals surface area contributed by atoms with E-state index in [0.717, 1.165) is 44.1 Å². The van der Waals surface area contributed by atoms with E-state index >= 15 is 0 Å². The quantitative estimate of drug-likeness (QED) is 0.597. The van der Waals surface area contributed by atoms with E-state index in [1.54, 1.807) is 0 Å². The number of carboxylic acid groups (broad SMARTS) is 1. The van der Waals surface area contributed by atoms with Gasteiger partial charge in [0.15, 0.2) is 0 Å². The first-order chi connectivity index (χ1) is 10.9. The van der Waals surface area contributed by atoms with E-state index in [-0.39, 0.29) is 17.3 Å². The molecule has 4 nitrogen and oxygen atoms in total. The van der Waals surface area contributed by atoms with Crippen LogP contribution in [0.1, 0.15) is 45.4 Å². The van der Waals surface area contributed by atoms with Crippen LogP contribution in [-0.2, 0) is 14.3 Å². The second-order valence-corrected chi connectivity index (χ2v) is 8.59. The van der Waals surface area contributed by atoms with E-state index in [0.29, 0.717) is 5.92 Å². The fraction of sp³-hybridized carbons (Fsp3) is 0.684. The highest BCUT2D eigenvalue weighted by Crippen LogP contribution is 2.76. The lowest BCUT2D eigenvalue weighted by Crippen LogP contribution is -2.45. The maximum Gasteiger partial charge on any atom is 0.313 e. The van der Waals surface area contributed by atoms with Crippen molar-refractivity contribution in [2.24, 2.45) is 28.6 Å². The number of aliphatic carboxylic acids is 1. The van der Waals surface area contributed by atoms with Crippen molar-refractivity contribution in [1.82, 2.24) is 0 Å². The minimum Gasteiger partial charge on any atom is -0.481 e. The molecular formula is C19H22O4. The summed E-state index contributed by atoms with van der Waals surface area (Å²) in [4.78, 5) is 25.0. The van der Waals surface area contributed by atoms with Crippen molar-refractivity contribution >= 4 is 11.9 Å². The summed E-state index contributed by atoms with van der Waals surface area (Å²) in [6.07, 6.45) is 7.23. The first kappa shape index (κ1) is 13.8. The van der Waals surface area contributed by atoms with Gasteiger partial charge in [-0.3, -0.25) is 9.59 Å². The zero-order valence-corrected chi connectivity index (χ0v) is 13.4. The normalized spacial score (nSPS) is 52.7. The molecule has 0 aromatic carbocycles. The molecule has 0 amide bonds. The van der Waals surface area contributed by atoms with Crippen molar-refractivity contribution in [3.05, 3.63) is 23.8 Å². The van der Waals surface area contributed by atoms with Gasteiger partial charge in [0.25, 0.3) is 0 Å². The van der Waals surface area contributed by atoms with Crippen molar-refractivity contribution < 1.29 is 19.4 Å². The molecular weight excluding hydrogens is 292 g/mol. The predicted molar refractivity (Wildman–Crippen MR) is 82.4 cm³/mol. The van der Waals surface area contributed by atoms with Crippen LogP contribution in [0.3, 0.4) is 0 Å². The first-order valence-electron chi connectivity index (χ1n) is 8.70. The zero-order chi connectivity index (χ0) is 16.2. The number of allylic oxidation sites excluding steroid dienone is 2. The molecule has 5 aliphatic rings. The molecule has 0 radical (unpaired) electrons. The highest BCUT2D eigenvalue weighted by Gasteiger charge is 2.79. The Morgan fingerprint density at radius 3 is 2.96 bits per heavy atom. The summed E-state index contributed by atoms with van der Waals surface area (Å²) in [5, 5.41) is 10.1. The molecule has 23 heavy (non-hydrogen) atoms. The summed E-state index contributed by atoms with van der Waals surface area (Å²) >= 11 is 0. The van der Waals surface area contributed by atoms with Crippen LogP contribution in [0.25, 0.3) is 0 Å². The van der Waals surface area contributed by atoms with Crippen LogP contribution < -0.4 is 0 Å². The predicted octanol–water partition coefficient (Wildman–Crippen LogP) is 3.09. The Kier molecular flexibility index (Phi) is 2.24. The molecule has 3 saturated carbocycles. The topological polar surface area (TPSA) is 63.6 Å². The van der Waals surface area contributed by atoms with Crippen molar-refractivity contribution in [3.8, 4) is 0 Å². The van der Waals surface area contributed by atoms with E-state index < -0.39 is 22.9 Å². The molecule has 5 rings (SSSR count). The highest BCUT2D eigenvalue weighted by molar-refractivity contribution is 5.86. The van der Waals surface area contributed by atoms with Gasteiger partial charge in [0.2, 0.25) is 0 Å². The van der Waals surface area contributed by atoms with Gasteiger partial charge in [0, 0.05) is 11.3 Å². The van der Waals surface area contributed by atoms with E-state index in [4.69, 9.17) is 4.74 Å².